The third-order valence-electron chi connectivity index (χ3n) is 10.5. The Morgan fingerprint density at radius 1 is 1.14 bits per heavy atom. The Bertz CT molecular complexity index is 1330. The molecule has 1 aromatic carbocycles. The van der Waals surface area contributed by atoms with Gasteiger partial charge >= 0.3 is 5.97 Å². The van der Waals surface area contributed by atoms with Crippen LogP contribution in [0.1, 0.15) is 81.9 Å². The summed E-state index contributed by atoms with van der Waals surface area (Å²) < 4.78 is 6.35. The van der Waals surface area contributed by atoms with E-state index in [1.165, 1.54) is 0 Å². The smallest absolute Gasteiger partial charge is 0.310 e. The normalized spacial score (nSPS) is 29.6. The number of amides is 2. The molecule has 5 N–H and O–H groups in total. The van der Waals surface area contributed by atoms with E-state index in [-0.39, 0.29) is 23.8 Å². The number of allylic oxidation sites excluding steroid dienone is 1. The zero-order valence-electron chi connectivity index (χ0n) is 24.4. The zero-order chi connectivity index (χ0) is 29.8. The predicted molar refractivity (Wildman–Crippen MR) is 157 cm³/mol. The van der Waals surface area contributed by atoms with Gasteiger partial charge in [-0.15, -0.1) is 0 Å². The van der Waals surface area contributed by atoms with Gasteiger partial charge in [-0.1, -0.05) is 24.4 Å². The molecule has 0 radical (unpaired) electrons. The predicted octanol–water partition coefficient (Wildman–Crippen LogP) is 3.58. The molecule has 2 amide bonds. The highest BCUT2D eigenvalue weighted by Gasteiger charge is 2.54. The van der Waals surface area contributed by atoms with Crippen LogP contribution in [0.2, 0.25) is 5.02 Å². The highest BCUT2D eigenvalue weighted by Crippen LogP contribution is 2.54. The van der Waals surface area contributed by atoms with Crippen LogP contribution in [0.25, 0.3) is 0 Å². The molecule has 42 heavy (non-hydrogen) atoms. The molecular weight excluding hydrogens is 558 g/mol. The van der Waals surface area contributed by atoms with Crippen LogP contribution in [0.3, 0.4) is 0 Å². The number of hydrazine groups is 1. The molecule has 3 aliphatic heterocycles. The maximum absolute atomic E-state index is 14.4. The maximum Gasteiger partial charge on any atom is 0.310 e. The molecular formula is C31H42ClN5O5. The summed E-state index contributed by atoms with van der Waals surface area (Å²) in [6.07, 6.45) is 7.46. The number of nitrogens with two attached hydrogens (primary N) is 2. The fourth-order valence-corrected chi connectivity index (χ4v) is 7.95. The van der Waals surface area contributed by atoms with Crippen molar-refractivity contribution in [2.45, 2.75) is 77.2 Å². The molecule has 10 nitrogen and oxygen atoms in total. The van der Waals surface area contributed by atoms with Crippen LogP contribution in [-0.4, -0.2) is 70.5 Å². The van der Waals surface area contributed by atoms with Gasteiger partial charge in [-0.2, -0.15) is 0 Å². The lowest BCUT2D eigenvalue weighted by Crippen LogP contribution is -2.52. The van der Waals surface area contributed by atoms with Crippen LogP contribution in [-0.2, 0) is 20.8 Å². The summed E-state index contributed by atoms with van der Waals surface area (Å²) in [5, 5.41) is 12.4. The largest absolute Gasteiger partial charge is 0.487 e. The Kier molecular flexibility index (Phi) is 7.58. The summed E-state index contributed by atoms with van der Waals surface area (Å²) in [4.78, 5) is 43.7. The summed E-state index contributed by atoms with van der Waals surface area (Å²) in [6.45, 7) is 3.97. The summed E-state index contributed by atoms with van der Waals surface area (Å²) in [6, 6.07) is 3.10. The lowest BCUT2D eigenvalue weighted by atomic mass is 9.66. The standard InChI is InChI=1S/C31H42ClN5O5/c1-30(29(40)41)10-3-2-5-20(30)28(39)36-14-9-19-21(32)7-8-25(42-17-22(33)23-6-4-13-37(23)34)27(19)24(36)16-35-18-31(11-12-31)15-26(35)38/h7-8,20,24H,2-6,9-18,33-34H2,1H3,(H,40,41)/b23-22-/t20-,24+,30-/m0/s1. The van der Waals surface area contributed by atoms with Crippen molar-refractivity contribution >= 4 is 29.4 Å². The Morgan fingerprint density at radius 3 is 2.60 bits per heavy atom. The van der Waals surface area contributed by atoms with Crippen LogP contribution < -0.4 is 16.3 Å². The van der Waals surface area contributed by atoms with Gasteiger partial charge in [0, 0.05) is 43.2 Å². The number of halogens is 1. The first-order chi connectivity index (χ1) is 20.0. The van der Waals surface area contributed by atoms with E-state index in [0.717, 1.165) is 61.9 Å². The number of carboxylic acids is 1. The van der Waals surface area contributed by atoms with E-state index < -0.39 is 23.3 Å². The monoisotopic (exact) mass is 599 g/mol. The number of carbonyl (C=O) groups is 3. The highest BCUT2D eigenvalue weighted by atomic mass is 35.5. The van der Waals surface area contributed by atoms with E-state index >= 15 is 0 Å². The van der Waals surface area contributed by atoms with Crippen LogP contribution in [0, 0.1) is 16.7 Å². The minimum Gasteiger partial charge on any atom is -0.487 e. The van der Waals surface area contributed by atoms with Crippen LogP contribution in [0.4, 0.5) is 0 Å². The van der Waals surface area contributed by atoms with Gasteiger partial charge in [0.1, 0.15) is 12.4 Å². The van der Waals surface area contributed by atoms with Crippen molar-refractivity contribution in [3.05, 3.63) is 39.7 Å². The van der Waals surface area contributed by atoms with E-state index in [9.17, 15) is 19.5 Å². The average molecular weight is 600 g/mol. The minimum atomic E-state index is -1.13. The lowest BCUT2D eigenvalue weighted by Gasteiger charge is -2.45. The minimum absolute atomic E-state index is 0.0678. The second kappa shape index (κ2) is 10.9. The van der Waals surface area contributed by atoms with Gasteiger partial charge in [0.25, 0.3) is 0 Å². The summed E-state index contributed by atoms with van der Waals surface area (Å²) in [5.74, 6) is 5.03. The quantitative estimate of drug-likeness (QED) is 0.404. The van der Waals surface area contributed by atoms with E-state index in [2.05, 4.69) is 0 Å². The molecule has 0 bridgehead atoms. The van der Waals surface area contributed by atoms with Crippen LogP contribution >= 0.6 is 11.6 Å². The molecule has 2 aliphatic carbocycles. The Labute approximate surface area is 251 Å². The number of nitrogens with zero attached hydrogens (tertiary/aromatic N) is 3. The van der Waals surface area contributed by atoms with Crippen molar-refractivity contribution in [1.82, 2.24) is 14.8 Å². The van der Waals surface area contributed by atoms with E-state index in [1.54, 1.807) is 18.0 Å². The number of hydrogen-bond donors (Lipinski definition) is 3. The first-order valence-electron chi connectivity index (χ1n) is 15.3. The first kappa shape index (κ1) is 29.1. The molecule has 5 aliphatic rings. The zero-order valence-corrected chi connectivity index (χ0v) is 25.1. The number of rotatable bonds is 7. The van der Waals surface area contributed by atoms with Crippen LogP contribution in [0.5, 0.6) is 5.75 Å². The second-order valence-corrected chi connectivity index (χ2v) is 13.7. The molecule has 2 saturated heterocycles. The van der Waals surface area contributed by atoms with Crippen LogP contribution in [0.15, 0.2) is 23.5 Å². The van der Waals surface area contributed by atoms with Gasteiger partial charge in [-0.3, -0.25) is 14.4 Å². The third-order valence-corrected chi connectivity index (χ3v) is 10.9. The fraction of sp³-hybridized carbons (Fsp3) is 0.645. The average Bonchev–Trinajstić information content (AvgIpc) is 3.44. The molecule has 0 unspecified atom stereocenters. The molecule has 2 saturated carbocycles. The number of likely N-dealkylation sites (tertiary alicyclic amines) is 1. The van der Waals surface area contributed by atoms with Crippen molar-refractivity contribution in [3.63, 3.8) is 0 Å². The molecule has 4 fully saturated rings. The number of carboxylic acid groups (broad SMARTS) is 1. The van der Waals surface area contributed by atoms with Crippen molar-refractivity contribution in [1.29, 1.82) is 0 Å². The number of hydrogen-bond acceptors (Lipinski definition) is 7. The SMILES string of the molecule is C[C@]1(C(=O)O)CCCC[C@H]1C(=O)N1CCc2c(Cl)ccc(OC/C(N)=C3\CCCN3N)c2[C@H]1CN1CC2(CC2)CC1=O. The molecule has 1 aromatic rings. The molecule has 1 spiro atoms. The van der Waals surface area contributed by atoms with Gasteiger partial charge in [0.2, 0.25) is 11.8 Å². The summed E-state index contributed by atoms with van der Waals surface area (Å²) in [7, 11) is 0. The summed E-state index contributed by atoms with van der Waals surface area (Å²) >= 11 is 6.75. The van der Waals surface area contributed by atoms with Gasteiger partial charge in [-0.25, -0.2) is 5.84 Å². The number of fused-ring (bicyclic) bond motifs is 1. The van der Waals surface area contributed by atoms with E-state index in [0.29, 0.717) is 61.8 Å². The number of benzene rings is 1. The molecule has 11 heteroatoms. The van der Waals surface area contributed by atoms with Crippen molar-refractivity contribution in [2.24, 2.45) is 28.3 Å². The Hall–Kier alpha value is -2.98. The second-order valence-electron chi connectivity index (χ2n) is 13.3. The Balaban J connectivity index is 1.37. The molecule has 3 heterocycles. The number of ether oxygens (including phenoxy) is 1. The first-order valence-corrected chi connectivity index (χ1v) is 15.7. The van der Waals surface area contributed by atoms with Gasteiger partial charge in [-0.05, 0) is 75.0 Å². The van der Waals surface area contributed by atoms with Gasteiger partial charge in [0.15, 0.2) is 0 Å². The number of aliphatic carboxylic acids is 1. The van der Waals surface area contributed by atoms with Gasteiger partial charge in [0.05, 0.1) is 28.8 Å². The van der Waals surface area contributed by atoms with Crippen molar-refractivity contribution in [2.75, 3.05) is 32.8 Å². The third kappa shape index (κ3) is 5.10. The van der Waals surface area contributed by atoms with E-state index in [4.69, 9.17) is 27.9 Å². The van der Waals surface area contributed by atoms with E-state index in [1.807, 2.05) is 15.9 Å². The molecule has 3 atom stereocenters. The fourth-order valence-electron chi connectivity index (χ4n) is 7.69. The number of carbonyl (C=O) groups excluding carboxylic acids is 2. The molecule has 228 valence electrons. The van der Waals surface area contributed by atoms with Crippen molar-refractivity contribution < 1.29 is 24.2 Å². The molecule has 0 aromatic heterocycles. The lowest BCUT2D eigenvalue weighted by molar-refractivity contribution is -0.162. The molecule has 6 rings (SSSR count). The topological polar surface area (TPSA) is 142 Å². The highest BCUT2D eigenvalue weighted by molar-refractivity contribution is 6.31. The van der Waals surface area contributed by atoms with Crippen molar-refractivity contribution in [3.8, 4) is 5.75 Å². The Morgan fingerprint density at radius 2 is 1.93 bits per heavy atom. The summed E-state index contributed by atoms with van der Waals surface area (Å²) in [5.41, 5.74) is 8.45. The maximum atomic E-state index is 14.4. The van der Waals surface area contributed by atoms with Gasteiger partial charge < -0.3 is 30.4 Å².